The highest BCUT2D eigenvalue weighted by molar-refractivity contribution is 6.30. The Labute approximate surface area is 163 Å². The first-order chi connectivity index (χ1) is 13.0. The molecule has 142 valence electrons. The van der Waals surface area contributed by atoms with E-state index in [4.69, 9.17) is 25.8 Å². The molecule has 27 heavy (non-hydrogen) atoms. The van der Waals surface area contributed by atoms with Gasteiger partial charge in [-0.3, -0.25) is 9.59 Å². The Balaban J connectivity index is 1.66. The summed E-state index contributed by atoms with van der Waals surface area (Å²) in [6.45, 7) is 4.47. The number of carbonyl (C=O) groups is 2. The van der Waals surface area contributed by atoms with Crippen LogP contribution in [-0.4, -0.2) is 31.6 Å². The van der Waals surface area contributed by atoms with E-state index in [1.165, 1.54) is 0 Å². The molecule has 5 nitrogen and oxygen atoms in total. The number of halogens is 1. The van der Waals surface area contributed by atoms with Gasteiger partial charge in [-0.05, 0) is 41.8 Å². The Morgan fingerprint density at radius 1 is 1.04 bits per heavy atom. The summed E-state index contributed by atoms with van der Waals surface area (Å²) in [6.07, 6.45) is 0. The third-order valence-corrected chi connectivity index (χ3v) is 4.61. The van der Waals surface area contributed by atoms with E-state index in [0.717, 1.165) is 5.56 Å². The van der Waals surface area contributed by atoms with Gasteiger partial charge in [0.1, 0.15) is 13.2 Å². The highest BCUT2D eigenvalue weighted by Gasteiger charge is 2.26. The Morgan fingerprint density at radius 2 is 1.70 bits per heavy atom. The molecular weight excluding hydrogens is 368 g/mol. The maximum atomic E-state index is 12.6. The zero-order valence-corrected chi connectivity index (χ0v) is 16.0. The second kappa shape index (κ2) is 8.44. The first-order valence-corrected chi connectivity index (χ1v) is 9.18. The second-order valence-electron chi connectivity index (χ2n) is 6.66. The summed E-state index contributed by atoms with van der Waals surface area (Å²) in [5.74, 6) is -0.0346. The topological polar surface area (TPSA) is 61.8 Å². The molecule has 1 heterocycles. The number of carbonyl (C=O) groups excluding carboxylic acids is 2. The van der Waals surface area contributed by atoms with Crippen LogP contribution in [-0.2, 0) is 9.53 Å². The first kappa shape index (κ1) is 19.2. The van der Waals surface area contributed by atoms with E-state index in [2.05, 4.69) is 0 Å². The molecular formula is C21H21ClO5. The number of ether oxygens (including phenoxy) is 3. The van der Waals surface area contributed by atoms with Crippen molar-refractivity contribution in [1.29, 1.82) is 0 Å². The quantitative estimate of drug-likeness (QED) is 0.546. The van der Waals surface area contributed by atoms with Crippen LogP contribution in [0.25, 0.3) is 0 Å². The van der Waals surface area contributed by atoms with Crippen molar-refractivity contribution in [2.75, 3.05) is 19.8 Å². The molecule has 2 aromatic rings. The van der Waals surface area contributed by atoms with Crippen LogP contribution in [0.1, 0.15) is 35.7 Å². The monoisotopic (exact) mass is 388 g/mol. The van der Waals surface area contributed by atoms with Gasteiger partial charge in [-0.1, -0.05) is 37.6 Å². The van der Waals surface area contributed by atoms with Gasteiger partial charge in [0.2, 0.25) is 0 Å². The standard InChI is InChI=1S/C21H21ClO5/c1-13(2)20(14-3-6-16(22)7-4-14)21(24)27-12-17(23)15-5-8-18-19(11-15)26-10-9-25-18/h3-8,11,13,20H,9-10,12H2,1-2H3/t20-/m0/s1. The largest absolute Gasteiger partial charge is 0.486 e. The highest BCUT2D eigenvalue weighted by atomic mass is 35.5. The summed E-state index contributed by atoms with van der Waals surface area (Å²) in [4.78, 5) is 25.0. The molecule has 1 aliphatic heterocycles. The van der Waals surface area contributed by atoms with Gasteiger partial charge in [-0.15, -0.1) is 0 Å². The molecule has 0 saturated carbocycles. The molecule has 0 N–H and O–H groups in total. The van der Waals surface area contributed by atoms with Crippen molar-refractivity contribution in [3.63, 3.8) is 0 Å². The lowest BCUT2D eigenvalue weighted by Crippen LogP contribution is -2.24. The summed E-state index contributed by atoms with van der Waals surface area (Å²) >= 11 is 5.92. The predicted molar refractivity (Wildman–Crippen MR) is 102 cm³/mol. The van der Waals surface area contributed by atoms with E-state index in [9.17, 15) is 9.59 Å². The minimum absolute atomic E-state index is 0.0167. The van der Waals surface area contributed by atoms with E-state index in [1.54, 1.807) is 42.5 Å². The molecule has 1 aliphatic rings. The first-order valence-electron chi connectivity index (χ1n) is 8.80. The van der Waals surface area contributed by atoms with Gasteiger partial charge >= 0.3 is 5.97 Å². The highest BCUT2D eigenvalue weighted by Crippen LogP contribution is 2.31. The lowest BCUT2D eigenvalue weighted by atomic mass is 9.88. The number of hydrogen-bond donors (Lipinski definition) is 0. The second-order valence-corrected chi connectivity index (χ2v) is 7.10. The Hall–Kier alpha value is -2.53. The van der Waals surface area contributed by atoms with Crippen molar-refractivity contribution < 1.29 is 23.8 Å². The normalized spacial score (nSPS) is 13.9. The minimum atomic E-state index is -0.463. The fraction of sp³-hybridized carbons (Fsp3) is 0.333. The third-order valence-electron chi connectivity index (χ3n) is 4.36. The van der Waals surface area contributed by atoms with E-state index in [1.807, 2.05) is 13.8 Å². The Morgan fingerprint density at radius 3 is 2.37 bits per heavy atom. The van der Waals surface area contributed by atoms with E-state index in [-0.39, 0.29) is 18.3 Å². The number of benzene rings is 2. The number of esters is 1. The van der Waals surface area contributed by atoms with Gasteiger partial charge in [-0.25, -0.2) is 0 Å². The van der Waals surface area contributed by atoms with Crippen LogP contribution in [0, 0.1) is 5.92 Å². The number of rotatable bonds is 6. The minimum Gasteiger partial charge on any atom is -0.486 e. The van der Waals surface area contributed by atoms with E-state index < -0.39 is 11.9 Å². The smallest absolute Gasteiger partial charge is 0.314 e. The SMILES string of the molecule is CC(C)[C@H](C(=O)OCC(=O)c1ccc2c(c1)OCCO2)c1ccc(Cl)cc1. The van der Waals surface area contributed by atoms with Gasteiger partial charge in [-0.2, -0.15) is 0 Å². The van der Waals surface area contributed by atoms with Crippen LogP contribution in [0.4, 0.5) is 0 Å². The van der Waals surface area contributed by atoms with Crippen molar-refractivity contribution in [3.8, 4) is 11.5 Å². The fourth-order valence-corrected chi connectivity index (χ4v) is 3.12. The van der Waals surface area contributed by atoms with Crippen LogP contribution in [0.3, 0.4) is 0 Å². The lowest BCUT2D eigenvalue weighted by molar-refractivity contribution is -0.145. The van der Waals surface area contributed by atoms with Gasteiger partial charge in [0, 0.05) is 10.6 Å². The molecule has 0 aromatic heterocycles. The molecule has 0 spiro atoms. The van der Waals surface area contributed by atoms with Crippen LogP contribution in [0.2, 0.25) is 5.02 Å². The molecule has 2 aromatic carbocycles. The van der Waals surface area contributed by atoms with Crippen molar-refractivity contribution in [2.24, 2.45) is 5.92 Å². The maximum Gasteiger partial charge on any atom is 0.314 e. The van der Waals surface area contributed by atoms with Gasteiger partial charge in [0.15, 0.2) is 23.9 Å². The van der Waals surface area contributed by atoms with E-state index in [0.29, 0.717) is 35.3 Å². The molecule has 0 amide bonds. The summed E-state index contributed by atoms with van der Waals surface area (Å²) in [5, 5.41) is 0.600. The number of ketones is 1. The number of hydrogen-bond acceptors (Lipinski definition) is 5. The zero-order chi connectivity index (χ0) is 19.4. The fourth-order valence-electron chi connectivity index (χ4n) is 2.99. The average Bonchev–Trinajstić information content (AvgIpc) is 2.67. The van der Waals surface area contributed by atoms with Crippen molar-refractivity contribution in [2.45, 2.75) is 19.8 Å². The van der Waals surface area contributed by atoms with Crippen LogP contribution < -0.4 is 9.47 Å². The van der Waals surface area contributed by atoms with Gasteiger partial charge < -0.3 is 14.2 Å². The molecule has 0 bridgehead atoms. The van der Waals surface area contributed by atoms with Crippen molar-refractivity contribution >= 4 is 23.4 Å². The van der Waals surface area contributed by atoms with Crippen LogP contribution >= 0.6 is 11.6 Å². The predicted octanol–water partition coefficient (Wildman–Crippen LogP) is 4.28. The molecule has 0 radical (unpaired) electrons. The van der Waals surface area contributed by atoms with Crippen LogP contribution in [0.5, 0.6) is 11.5 Å². The molecule has 0 aliphatic carbocycles. The molecule has 1 atom stereocenters. The molecule has 0 unspecified atom stereocenters. The lowest BCUT2D eigenvalue weighted by Gasteiger charge is -2.20. The summed E-state index contributed by atoms with van der Waals surface area (Å²) < 4.78 is 16.2. The molecule has 3 rings (SSSR count). The summed E-state index contributed by atoms with van der Waals surface area (Å²) in [6, 6.07) is 12.0. The molecule has 6 heteroatoms. The average molecular weight is 389 g/mol. The summed E-state index contributed by atoms with van der Waals surface area (Å²) in [7, 11) is 0. The zero-order valence-electron chi connectivity index (χ0n) is 15.2. The van der Waals surface area contributed by atoms with Crippen molar-refractivity contribution in [1.82, 2.24) is 0 Å². The van der Waals surface area contributed by atoms with E-state index >= 15 is 0 Å². The van der Waals surface area contributed by atoms with Crippen molar-refractivity contribution in [3.05, 3.63) is 58.6 Å². The number of Topliss-reactive ketones (excluding diaryl/α,β-unsaturated/α-hetero) is 1. The van der Waals surface area contributed by atoms with Gasteiger partial charge in [0.05, 0.1) is 5.92 Å². The van der Waals surface area contributed by atoms with Crippen LogP contribution in [0.15, 0.2) is 42.5 Å². The number of fused-ring (bicyclic) bond motifs is 1. The molecule has 0 saturated heterocycles. The Bertz CT molecular complexity index is 829. The maximum absolute atomic E-state index is 12.6. The Kier molecular flexibility index (Phi) is 6.01. The molecule has 0 fully saturated rings. The third kappa shape index (κ3) is 4.61. The summed E-state index contributed by atoms with van der Waals surface area (Å²) in [5.41, 5.74) is 1.23. The van der Waals surface area contributed by atoms with Gasteiger partial charge in [0.25, 0.3) is 0 Å².